The number of phenolic OH excluding ortho intramolecular Hbond substituents is 1. The van der Waals surface area contributed by atoms with E-state index in [1.165, 1.54) is 43.3 Å². The van der Waals surface area contributed by atoms with Crippen LogP contribution in [0, 0.1) is 0 Å². The summed E-state index contributed by atoms with van der Waals surface area (Å²) in [6.45, 7) is 1.32. The second kappa shape index (κ2) is 9.07. The van der Waals surface area contributed by atoms with Gasteiger partial charge in [0.05, 0.1) is 21.2 Å². The molecule has 32 heavy (non-hydrogen) atoms. The van der Waals surface area contributed by atoms with Crippen LogP contribution < -0.4 is 14.8 Å². The second-order valence-corrected chi connectivity index (χ2v) is 10.4. The zero-order valence-corrected chi connectivity index (χ0v) is 18.9. The Bertz CT molecular complexity index is 1370. The van der Waals surface area contributed by atoms with Gasteiger partial charge in [-0.05, 0) is 60.7 Å². The summed E-state index contributed by atoms with van der Waals surface area (Å²) in [6.07, 6.45) is 0. The van der Waals surface area contributed by atoms with Crippen LogP contribution >= 0.6 is 11.6 Å². The second-order valence-electron chi connectivity index (χ2n) is 6.61. The number of halogens is 1. The van der Waals surface area contributed by atoms with Gasteiger partial charge in [0.25, 0.3) is 20.0 Å². The molecule has 0 atom stereocenters. The van der Waals surface area contributed by atoms with Crippen LogP contribution in [0.3, 0.4) is 0 Å². The molecule has 0 unspecified atom stereocenters. The van der Waals surface area contributed by atoms with Crippen molar-refractivity contribution in [3.8, 4) is 5.75 Å². The van der Waals surface area contributed by atoms with Crippen molar-refractivity contribution in [2.24, 2.45) is 0 Å². The van der Waals surface area contributed by atoms with E-state index in [-0.39, 0.29) is 27.1 Å². The molecule has 1 amide bonds. The molecule has 168 valence electrons. The van der Waals surface area contributed by atoms with Crippen LogP contribution in [0.25, 0.3) is 0 Å². The van der Waals surface area contributed by atoms with Crippen LogP contribution in [-0.4, -0.2) is 27.8 Å². The lowest BCUT2D eigenvalue weighted by atomic mass is 10.3. The summed E-state index contributed by atoms with van der Waals surface area (Å²) in [5.74, 6) is -0.779. The summed E-state index contributed by atoms with van der Waals surface area (Å²) < 4.78 is 55.3. The molecule has 0 aromatic heterocycles. The van der Waals surface area contributed by atoms with E-state index in [0.29, 0.717) is 10.7 Å². The minimum atomic E-state index is -4.16. The van der Waals surface area contributed by atoms with Crippen LogP contribution in [0.4, 0.5) is 17.1 Å². The maximum absolute atomic E-state index is 12.7. The Morgan fingerprint density at radius 2 is 1.44 bits per heavy atom. The Hall–Kier alpha value is -3.28. The maximum Gasteiger partial charge on any atom is 0.262 e. The van der Waals surface area contributed by atoms with Gasteiger partial charge in [0.1, 0.15) is 5.75 Å². The normalized spacial score (nSPS) is 11.6. The predicted octanol–water partition coefficient (Wildman–Crippen LogP) is 3.61. The van der Waals surface area contributed by atoms with Crippen LogP contribution in [0.5, 0.6) is 5.75 Å². The van der Waals surface area contributed by atoms with Gasteiger partial charge in [-0.25, -0.2) is 16.8 Å². The highest BCUT2D eigenvalue weighted by Crippen LogP contribution is 2.30. The van der Waals surface area contributed by atoms with Gasteiger partial charge < -0.3 is 10.4 Å². The van der Waals surface area contributed by atoms with Crippen molar-refractivity contribution in [3.63, 3.8) is 0 Å². The Morgan fingerprint density at radius 1 is 0.812 bits per heavy atom. The third kappa shape index (κ3) is 5.69. The van der Waals surface area contributed by atoms with Gasteiger partial charge in [-0.15, -0.1) is 0 Å². The van der Waals surface area contributed by atoms with E-state index in [2.05, 4.69) is 14.8 Å². The van der Waals surface area contributed by atoms with Gasteiger partial charge in [0.2, 0.25) is 5.91 Å². The van der Waals surface area contributed by atoms with Crippen LogP contribution in [0.1, 0.15) is 6.92 Å². The molecule has 3 aromatic rings. The lowest BCUT2D eigenvalue weighted by Crippen LogP contribution is -2.16. The third-order valence-corrected chi connectivity index (χ3v) is 7.08. The fourth-order valence-electron chi connectivity index (χ4n) is 2.65. The quantitative estimate of drug-likeness (QED) is 0.369. The van der Waals surface area contributed by atoms with Gasteiger partial charge in [-0.1, -0.05) is 17.7 Å². The summed E-state index contributed by atoms with van der Waals surface area (Å²) in [4.78, 5) is 10.6. The number of nitrogens with one attached hydrogen (secondary N) is 3. The average molecular weight is 496 g/mol. The first kappa shape index (κ1) is 23.4. The van der Waals surface area contributed by atoms with Crippen molar-refractivity contribution in [1.82, 2.24) is 0 Å². The molecule has 0 aliphatic heterocycles. The summed E-state index contributed by atoms with van der Waals surface area (Å²) in [6, 6.07) is 14.5. The Morgan fingerprint density at radius 3 is 2.06 bits per heavy atom. The number of hydrogen-bond donors (Lipinski definition) is 4. The van der Waals surface area contributed by atoms with E-state index >= 15 is 0 Å². The van der Waals surface area contributed by atoms with Gasteiger partial charge in [0, 0.05) is 17.6 Å². The number of benzene rings is 3. The first-order chi connectivity index (χ1) is 15.0. The molecule has 0 saturated heterocycles. The minimum Gasteiger partial charge on any atom is -0.506 e. The van der Waals surface area contributed by atoms with E-state index in [9.17, 15) is 26.7 Å². The molecule has 4 N–H and O–H groups in total. The first-order valence-corrected chi connectivity index (χ1v) is 12.3. The molecule has 0 aliphatic rings. The van der Waals surface area contributed by atoms with Crippen LogP contribution in [0.2, 0.25) is 5.02 Å². The lowest BCUT2D eigenvalue weighted by Gasteiger charge is -2.13. The van der Waals surface area contributed by atoms with Gasteiger partial charge >= 0.3 is 0 Å². The van der Waals surface area contributed by atoms with E-state index in [4.69, 9.17) is 11.6 Å². The van der Waals surface area contributed by atoms with E-state index in [0.717, 1.165) is 18.2 Å². The number of carbonyl (C=O) groups is 1. The van der Waals surface area contributed by atoms with Crippen molar-refractivity contribution in [2.75, 3.05) is 14.8 Å². The molecule has 3 rings (SSSR count). The highest BCUT2D eigenvalue weighted by atomic mass is 35.5. The smallest absolute Gasteiger partial charge is 0.262 e. The SMILES string of the molecule is CC(=O)Nc1ccc(S(=O)(=O)Nc2cc(S(=O)(=O)Nc3cccc(Cl)c3)ccc2O)cc1. The molecule has 0 saturated carbocycles. The Balaban J connectivity index is 1.87. The third-order valence-electron chi connectivity index (χ3n) is 4.08. The molecule has 0 spiro atoms. The molecule has 12 heteroatoms. The highest BCUT2D eigenvalue weighted by Gasteiger charge is 2.20. The maximum atomic E-state index is 12.7. The Labute approximate surface area is 190 Å². The molecule has 0 radical (unpaired) electrons. The average Bonchev–Trinajstić information content (AvgIpc) is 2.69. The number of carbonyl (C=O) groups excluding carboxylic acids is 1. The minimum absolute atomic E-state index is 0.156. The van der Waals surface area contributed by atoms with Gasteiger partial charge in [-0.2, -0.15) is 0 Å². The standard InChI is InChI=1S/C20H18ClN3O6S2/c1-13(25)22-15-5-7-17(8-6-15)31(27,28)24-19-12-18(9-10-20(19)26)32(29,30)23-16-4-2-3-14(21)11-16/h2-12,23-24,26H,1H3,(H,22,25). The summed E-state index contributed by atoms with van der Waals surface area (Å²) in [5, 5.41) is 12.9. The topological polar surface area (TPSA) is 142 Å². The number of rotatable bonds is 7. The summed E-state index contributed by atoms with van der Waals surface area (Å²) >= 11 is 5.87. The molecule has 0 heterocycles. The summed E-state index contributed by atoms with van der Waals surface area (Å²) in [5.41, 5.74) is 0.288. The van der Waals surface area contributed by atoms with Crippen molar-refractivity contribution < 1.29 is 26.7 Å². The van der Waals surface area contributed by atoms with Crippen molar-refractivity contribution in [3.05, 3.63) is 71.8 Å². The molecule has 0 aliphatic carbocycles. The number of aromatic hydroxyl groups is 1. The van der Waals surface area contributed by atoms with Crippen LogP contribution in [0.15, 0.2) is 76.5 Å². The first-order valence-electron chi connectivity index (χ1n) is 8.98. The number of amides is 1. The Kier molecular flexibility index (Phi) is 6.63. The van der Waals surface area contributed by atoms with Gasteiger partial charge in [0.15, 0.2) is 0 Å². The van der Waals surface area contributed by atoms with Crippen LogP contribution in [-0.2, 0) is 24.8 Å². The van der Waals surface area contributed by atoms with Crippen molar-refractivity contribution >= 4 is 54.6 Å². The predicted molar refractivity (Wildman–Crippen MR) is 122 cm³/mol. The number of phenols is 1. The fraction of sp³-hybridized carbons (Fsp3) is 0.0500. The molecule has 0 fully saturated rings. The molecular weight excluding hydrogens is 478 g/mol. The zero-order chi connectivity index (χ0) is 23.5. The van der Waals surface area contributed by atoms with E-state index in [1.54, 1.807) is 12.1 Å². The number of sulfonamides is 2. The fourth-order valence-corrected chi connectivity index (χ4v) is 4.99. The highest BCUT2D eigenvalue weighted by molar-refractivity contribution is 7.93. The lowest BCUT2D eigenvalue weighted by molar-refractivity contribution is -0.114. The molecular formula is C20H18ClN3O6S2. The molecule has 9 nitrogen and oxygen atoms in total. The number of anilines is 3. The zero-order valence-electron chi connectivity index (χ0n) is 16.5. The molecule has 3 aromatic carbocycles. The number of hydrogen-bond acceptors (Lipinski definition) is 6. The van der Waals surface area contributed by atoms with Gasteiger partial charge in [-0.3, -0.25) is 14.2 Å². The largest absolute Gasteiger partial charge is 0.506 e. The monoisotopic (exact) mass is 495 g/mol. The van der Waals surface area contributed by atoms with E-state index in [1.807, 2.05) is 0 Å². The van der Waals surface area contributed by atoms with Crippen molar-refractivity contribution in [2.45, 2.75) is 16.7 Å². The van der Waals surface area contributed by atoms with Crippen molar-refractivity contribution in [1.29, 1.82) is 0 Å². The van der Waals surface area contributed by atoms with E-state index < -0.39 is 25.8 Å². The molecule has 0 bridgehead atoms. The summed E-state index contributed by atoms with van der Waals surface area (Å²) in [7, 11) is -8.26.